The number of hydrogen-bond acceptors (Lipinski definition) is 5. The number of halogens is 1. The minimum absolute atomic E-state index is 0.0170. The van der Waals surface area contributed by atoms with Crippen LogP contribution in [-0.2, 0) is 4.79 Å². The van der Waals surface area contributed by atoms with Crippen molar-refractivity contribution in [1.29, 1.82) is 5.26 Å². The maximum Gasteiger partial charge on any atom is 0.269 e. The lowest BCUT2D eigenvalue weighted by molar-refractivity contribution is -0.384. The zero-order chi connectivity index (χ0) is 15.1. The van der Waals surface area contributed by atoms with Crippen LogP contribution in [0.1, 0.15) is 12.0 Å². The molecule has 0 heterocycles. The Kier molecular flexibility index (Phi) is 5.93. The van der Waals surface area contributed by atoms with Gasteiger partial charge in [-0.3, -0.25) is 14.9 Å². The number of nitrogens with two attached hydrogens (primary N) is 1. The molecule has 105 valence electrons. The Labute approximate surface area is 118 Å². The zero-order valence-corrected chi connectivity index (χ0v) is 11.2. The van der Waals surface area contributed by atoms with Gasteiger partial charge in [0.25, 0.3) is 5.69 Å². The number of thioether (sulfide) groups is 1. The van der Waals surface area contributed by atoms with Crippen LogP contribution in [-0.4, -0.2) is 22.3 Å². The second kappa shape index (κ2) is 7.45. The van der Waals surface area contributed by atoms with Crippen LogP contribution in [0.3, 0.4) is 0 Å². The molecule has 0 saturated carbocycles. The summed E-state index contributed by atoms with van der Waals surface area (Å²) in [4.78, 5) is 21.4. The maximum atomic E-state index is 13.7. The van der Waals surface area contributed by atoms with Crippen molar-refractivity contribution >= 4 is 23.4 Å². The van der Waals surface area contributed by atoms with Gasteiger partial charge >= 0.3 is 0 Å². The highest BCUT2D eigenvalue weighted by atomic mass is 32.2. The molecular formula is C12H11FN3O3S. The molecule has 2 N–H and O–H groups in total. The number of benzene rings is 1. The second-order valence-electron chi connectivity index (χ2n) is 3.72. The summed E-state index contributed by atoms with van der Waals surface area (Å²) >= 11 is 1.26. The Morgan fingerprint density at radius 1 is 1.55 bits per heavy atom. The molecule has 0 aromatic heterocycles. The Morgan fingerprint density at radius 3 is 2.80 bits per heavy atom. The van der Waals surface area contributed by atoms with Crippen LogP contribution in [0.25, 0.3) is 0 Å². The molecular weight excluding hydrogens is 285 g/mol. The Bertz CT molecular complexity index is 559. The molecule has 20 heavy (non-hydrogen) atoms. The van der Waals surface area contributed by atoms with E-state index in [9.17, 15) is 19.3 Å². The number of carbonyl (C=O) groups is 1. The molecule has 0 aliphatic heterocycles. The number of nitrogens with zero attached hydrogens (tertiary/aromatic N) is 2. The third-order valence-corrected chi connectivity index (χ3v) is 3.27. The van der Waals surface area contributed by atoms with E-state index in [4.69, 9.17) is 11.0 Å². The maximum absolute atomic E-state index is 13.7. The SMILES string of the molecule is N#CCSCC[C](C(N)=O)c1cc([N+](=O)[O-])ccc1F. The summed E-state index contributed by atoms with van der Waals surface area (Å²) in [5.41, 5.74) is 4.71. The van der Waals surface area contributed by atoms with Gasteiger partial charge in [0.05, 0.1) is 22.7 Å². The molecule has 1 aromatic carbocycles. The summed E-state index contributed by atoms with van der Waals surface area (Å²) in [5, 5.41) is 19.1. The molecule has 0 saturated heterocycles. The molecule has 6 nitrogen and oxygen atoms in total. The van der Waals surface area contributed by atoms with Crippen molar-refractivity contribution in [1.82, 2.24) is 0 Å². The van der Waals surface area contributed by atoms with E-state index in [1.54, 1.807) is 0 Å². The molecule has 0 aliphatic rings. The monoisotopic (exact) mass is 296 g/mol. The normalized spacial score (nSPS) is 10.2. The van der Waals surface area contributed by atoms with Crippen LogP contribution in [0, 0.1) is 33.2 Å². The highest BCUT2D eigenvalue weighted by molar-refractivity contribution is 7.99. The fourth-order valence-corrected chi connectivity index (χ4v) is 2.12. The lowest BCUT2D eigenvalue weighted by Crippen LogP contribution is -2.24. The molecule has 1 amide bonds. The predicted octanol–water partition coefficient (Wildman–Crippen LogP) is 1.79. The van der Waals surface area contributed by atoms with E-state index < -0.39 is 16.6 Å². The van der Waals surface area contributed by atoms with E-state index in [1.807, 2.05) is 6.07 Å². The summed E-state index contributed by atoms with van der Waals surface area (Å²) in [7, 11) is 0. The first-order valence-electron chi connectivity index (χ1n) is 5.52. The minimum atomic E-state index is -0.832. The molecule has 1 aromatic rings. The summed E-state index contributed by atoms with van der Waals surface area (Å²) in [6.45, 7) is 0. The molecule has 8 heteroatoms. The summed E-state index contributed by atoms with van der Waals surface area (Å²) in [5.74, 6) is -0.953. The average molecular weight is 296 g/mol. The Hall–Kier alpha value is -2.14. The number of amides is 1. The van der Waals surface area contributed by atoms with Crippen molar-refractivity contribution in [2.75, 3.05) is 11.5 Å². The van der Waals surface area contributed by atoms with E-state index in [1.165, 1.54) is 11.8 Å². The van der Waals surface area contributed by atoms with Crippen LogP contribution < -0.4 is 5.73 Å². The molecule has 0 fully saturated rings. The number of carbonyl (C=O) groups excluding carboxylic acids is 1. The summed E-state index contributed by atoms with van der Waals surface area (Å²) in [6.07, 6.45) is 0.139. The average Bonchev–Trinajstić information content (AvgIpc) is 2.39. The number of nitro benzene ring substituents is 1. The molecule has 1 radical (unpaired) electrons. The Morgan fingerprint density at radius 2 is 2.25 bits per heavy atom. The van der Waals surface area contributed by atoms with Gasteiger partial charge in [-0.2, -0.15) is 5.26 Å². The molecule has 0 bridgehead atoms. The van der Waals surface area contributed by atoms with Crippen LogP contribution in [0.5, 0.6) is 0 Å². The van der Waals surface area contributed by atoms with Gasteiger partial charge in [0, 0.05) is 17.7 Å². The van der Waals surface area contributed by atoms with Gasteiger partial charge in [-0.1, -0.05) is 0 Å². The molecule has 1 rings (SSSR count). The van der Waals surface area contributed by atoms with E-state index >= 15 is 0 Å². The first-order chi connectivity index (χ1) is 9.47. The lowest BCUT2D eigenvalue weighted by Gasteiger charge is -2.13. The van der Waals surface area contributed by atoms with E-state index in [-0.39, 0.29) is 29.3 Å². The number of nitriles is 1. The number of non-ortho nitro benzene ring substituents is 1. The van der Waals surface area contributed by atoms with Gasteiger partial charge in [-0.25, -0.2) is 4.39 Å². The van der Waals surface area contributed by atoms with Crippen molar-refractivity contribution in [3.8, 4) is 6.07 Å². The number of rotatable bonds is 7. The van der Waals surface area contributed by atoms with Crippen LogP contribution in [0.15, 0.2) is 18.2 Å². The standard InChI is InChI=1S/C12H11FN3O3S/c13-11-2-1-8(16(18)19)7-10(11)9(12(15)17)3-5-20-6-4-14/h1-2,7H,3,5-6H2,(H2,15,17). The Balaban J connectivity index is 2.96. The molecule has 0 spiro atoms. The van der Waals surface area contributed by atoms with Crippen LogP contribution >= 0.6 is 11.8 Å². The summed E-state index contributed by atoms with van der Waals surface area (Å²) in [6, 6.07) is 4.86. The van der Waals surface area contributed by atoms with E-state index in [0.717, 1.165) is 18.2 Å². The molecule has 0 unspecified atom stereocenters. The lowest BCUT2D eigenvalue weighted by atomic mass is 9.95. The van der Waals surface area contributed by atoms with Gasteiger partial charge in [0.1, 0.15) is 5.82 Å². The smallest absolute Gasteiger partial charge is 0.269 e. The van der Waals surface area contributed by atoms with Crippen molar-refractivity contribution in [2.45, 2.75) is 6.42 Å². The first-order valence-corrected chi connectivity index (χ1v) is 6.67. The van der Waals surface area contributed by atoms with Crippen LogP contribution in [0.2, 0.25) is 0 Å². The number of nitro groups is 1. The van der Waals surface area contributed by atoms with Crippen molar-refractivity contribution in [3.63, 3.8) is 0 Å². The molecule has 0 atom stereocenters. The van der Waals surface area contributed by atoms with Gasteiger partial charge in [-0.05, 0) is 18.2 Å². The van der Waals surface area contributed by atoms with Crippen molar-refractivity contribution in [3.05, 3.63) is 45.6 Å². The highest BCUT2D eigenvalue weighted by Gasteiger charge is 2.24. The first kappa shape index (κ1) is 15.9. The summed E-state index contributed by atoms with van der Waals surface area (Å²) < 4.78 is 13.7. The van der Waals surface area contributed by atoms with E-state index in [0.29, 0.717) is 5.75 Å². The fraction of sp³-hybridized carbons (Fsp3) is 0.250. The van der Waals surface area contributed by atoms with Crippen molar-refractivity contribution < 1.29 is 14.1 Å². The predicted molar refractivity (Wildman–Crippen MR) is 72.1 cm³/mol. The minimum Gasteiger partial charge on any atom is -0.369 e. The highest BCUT2D eigenvalue weighted by Crippen LogP contribution is 2.27. The number of primary amides is 1. The second-order valence-corrected chi connectivity index (χ2v) is 4.83. The quantitative estimate of drug-likeness (QED) is 0.468. The van der Waals surface area contributed by atoms with E-state index in [2.05, 4.69) is 0 Å². The van der Waals surface area contributed by atoms with Gasteiger partial charge < -0.3 is 5.73 Å². The van der Waals surface area contributed by atoms with Gasteiger partial charge in [-0.15, -0.1) is 11.8 Å². The number of hydrogen-bond donors (Lipinski definition) is 1. The fourth-order valence-electron chi connectivity index (χ4n) is 1.54. The largest absolute Gasteiger partial charge is 0.369 e. The third-order valence-electron chi connectivity index (χ3n) is 2.45. The van der Waals surface area contributed by atoms with Crippen LogP contribution in [0.4, 0.5) is 10.1 Å². The topological polar surface area (TPSA) is 110 Å². The van der Waals surface area contributed by atoms with Gasteiger partial charge in [0.2, 0.25) is 5.91 Å². The van der Waals surface area contributed by atoms with Crippen molar-refractivity contribution in [2.24, 2.45) is 5.73 Å². The molecule has 0 aliphatic carbocycles. The van der Waals surface area contributed by atoms with Gasteiger partial charge in [0.15, 0.2) is 0 Å². The zero-order valence-electron chi connectivity index (χ0n) is 10.3. The third kappa shape index (κ3) is 4.20.